The molecule has 0 atom stereocenters. The molecule has 0 aliphatic rings. The van der Waals surface area contributed by atoms with Crippen LogP contribution in [0.25, 0.3) is 5.69 Å². The van der Waals surface area contributed by atoms with Gasteiger partial charge in [0.05, 0.1) is 5.69 Å². The van der Waals surface area contributed by atoms with Crippen molar-refractivity contribution in [3.63, 3.8) is 0 Å². The smallest absolute Gasteiger partial charge is 0.325 e. The largest absolute Gasteiger partial charge is 0.494 e. The number of H-pyrrole nitrogens is 3. The Morgan fingerprint density at radius 1 is 1.07 bits per heavy atom. The normalized spacial score (nSPS) is 11.2. The molecule has 10 heteroatoms. The van der Waals surface area contributed by atoms with Gasteiger partial charge in [0.15, 0.2) is 4.77 Å². The van der Waals surface area contributed by atoms with Gasteiger partial charge in [-0.25, -0.2) is 9.79 Å². The average molecular weight is 399 g/mol. The van der Waals surface area contributed by atoms with E-state index in [4.69, 9.17) is 12.2 Å². The summed E-state index contributed by atoms with van der Waals surface area (Å²) in [6.45, 7) is 5.69. The monoisotopic (exact) mass is 399 g/mol. The lowest BCUT2D eigenvalue weighted by Gasteiger charge is -2.16. The molecule has 3 rings (SSSR count). The van der Waals surface area contributed by atoms with Crippen molar-refractivity contribution in [1.82, 2.24) is 19.5 Å². The highest BCUT2D eigenvalue weighted by atomic mass is 32.1. The van der Waals surface area contributed by atoms with Crippen molar-refractivity contribution in [3.8, 4) is 11.6 Å². The third-order valence-electron chi connectivity index (χ3n) is 4.11. The van der Waals surface area contributed by atoms with Crippen LogP contribution in [-0.4, -0.2) is 30.8 Å². The molecule has 2 aromatic heterocycles. The Labute approximate surface area is 163 Å². The molecular formula is C18H17N5O4S. The van der Waals surface area contributed by atoms with Gasteiger partial charge in [0, 0.05) is 12.4 Å². The Morgan fingerprint density at radius 2 is 1.71 bits per heavy atom. The lowest BCUT2D eigenvalue weighted by Crippen LogP contribution is -2.21. The van der Waals surface area contributed by atoms with Gasteiger partial charge in [0.25, 0.3) is 11.1 Å². The Hall–Kier alpha value is -3.53. The van der Waals surface area contributed by atoms with Gasteiger partial charge in [0.2, 0.25) is 5.88 Å². The standard InChI is InChI=1S/C18H17N5O4S/c1-8-4-9(2)13(10(3)5-8)23-16(26)11(14(24)22-18(23)28)6-19-12-7-20-17(27)21-15(12)25/h4-7,26H,1-3H3,(H,22,24,28)(H2,20,21,25,27). The second-order valence-corrected chi connectivity index (χ2v) is 6.68. The first-order chi connectivity index (χ1) is 13.2. The highest BCUT2D eigenvalue weighted by molar-refractivity contribution is 7.71. The highest BCUT2D eigenvalue weighted by Gasteiger charge is 2.16. The van der Waals surface area contributed by atoms with Crippen LogP contribution >= 0.6 is 12.2 Å². The van der Waals surface area contributed by atoms with E-state index in [0.29, 0.717) is 5.69 Å². The number of nitrogens with one attached hydrogen (secondary N) is 3. The highest BCUT2D eigenvalue weighted by Crippen LogP contribution is 2.26. The van der Waals surface area contributed by atoms with Crippen molar-refractivity contribution in [1.29, 1.82) is 0 Å². The molecule has 0 bridgehead atoms. The molecule has 0 radical (unpaired) electrons. The van der Waals surface area contributed by atoms with E-state index in [-0.39, 0.29) is 16.0 Å². The Balaban J connectivity index is 2.23. The molecule has 9 nitrogen and oxygen atoms in total. The van der Waals surface area contributed by atoms with Crippen molar-refractivity contribution < 1.29 is 5.11 Å². The number of rotatable bonds is 3. The predicted octanol–water partition coefficient (Wildman–Crippen LogP) is 1.65. The fourth-order valence-electron chi connectivity index (χ4n) is 3.02. The van der Waals surface area contributed by atoms with Gasteiger partial charge in [-0.3, -0.25) is 24.1 Å². The maximum Gasteiger partial charge on any atom is 0.325 e. The topological polar surface area (TPSA) is 136 Å². The van der Waals surface area contributed by atoms with Crippen LogP contribution < -0.4 is 16.8 Å². The van der Waals surface area contributed by atoms with Crippen LogP contribution in [0.2, 0.25) is 0 Å². The van der Waals surface area contributed by atoms with E-state index in [0.717, 1.165) is 29.1 Å². The van der Waals surface area contributed by atoms with Crippen LogP contribution in [0.4, 0.5) is 5.69 Å². The zero-order chi connectivity index (χ0) is 20.6. The molecule has 0 saturated carbocycles. The summed E-state index contributed by atoms with van der Waals surface area (Å²) in [5, 5.41) is 10.8. The fourth-order valence-corrected chi connectivity index (χ4v) is 3.29. The van der Waals surface area contributed by atoms with E-state index in [1.165, 1.54) is 4.57 Å². The van der Waals surface area contributed by atoms with Crippen LogP contribution in [0.15, 0.2) is 37.7 Å². The SMILES string of the molecule is Cc1cc(C)c(-n2c(O)c(C=Nc3c[nH]c(=O)[nH]c3=O)c(=O)[nH]c2=S)c(C)c1. The minimum Gasteiger partial charge on any atom is -0.494 e. The fraction of sp³-hybridized carbons (Fsp3) is 0.167. The van der Waals surface area contributed by atoms with Crippen molar-refractivity contribution >= 4 is 24.1 Å². The molecule has 144 valence electrons. The van der Waals surface area contributed by atoms with E-state index in [1.807, 2.05) is 37.9 Å². The molecule has 0 unspecified atom stereocenters. The molecule has 3 aromatic rings. The lowest BCUT2D eigenvalue weighted by molar-refractivity contribution is 0.432. The predicted molar refractivity (Wildman–Crippen MR) is 108 cm³/mol. The summed E-state index contributed by atoms with van der Waals surface area (Å²) in [4.78, 5) is 45.8. The van der Waals surface area contributed by atoms with Gasteiger partial charge in [-0.1, -0.05) is 17.7 Å². The summed E-state index contributed by atoms with van der Waals surface area (Å²) < 4.78 is 1.37. The lowest BCUT2D eigenvalue weighted by atomic mass is 10.0. The number of aromatic hydroxyl groups is 1. The third kappa shape index (κ3) is 3.49. The first-order valence-electron chi connectivity index (χ1n) is 8.21. The molecule has 0 amide bonds. The zero-order valence-corrected chi connectivity index (χ0v) is 16.1. The number of hydrogen-bond acceptors (Lipinski definition) is 6. The number of hydrogen-bond donors (Lipinski definition) is 4. The van der Waals surface area contributed by atoms with Crippen molar-refractivity contribution in [2.24, 2.45) is 4.99 Å². The van der Waals surface area contributed by atoms with E-state index in [2.05, 4.69) is 15.0 Å². The molecule has 0 fully saturated rings. The van der Waals surface area contributed by atoms with Gasteiger partial charge in [-0.05, 0) is 44.1 Å². The number of aromatic nitrogens is 4. The van der Waals surface area contributed by atoms with E-state index in [9.17, 15) is 19.5 Å². The van der Waals surface area contributed by atoms with Gasteiger partial charge in [0.1, 0.15) is 11.3 Å². The molecule has 0 aliphatic carbocycles. The number of aromatic amines is 3. The average Bonchev–Trinajstić information content (AvgIpc) is 2.58. The first-order valence-corrected chi connectivity index (χ1v) is 8.62. The van der Waals surface area contributed by atoms with Gasteiger partial charge >= 0.3 is 5.69 Å². The van der Waals surface area contributed by atoms with Crippen molar-refractivity contribution in [3.05, 3.63) is 76.5 Å². The van der Waals surface area contributed by atoms with E-state index >= 15 is 0 Å². The summed E-state index contributed by atoms with van der Waals surface area (Å²) in [6.07, 6.45) is 2.15. The van der Waals surface area contributed by atoms with Crippen LogP contribution in [0.3, 0.4) is 0 Å². The third-order valence-corrected chi connectivity index (χ3v) is 4.40. The summed E-state index contributed by atoms with van der Waals surface area (Å²) in [5.41, 5.74) is 1.03. The summed E-state index contributed by atoms with van der Waals surface area (Å²) in [5.74, 6) is -0.409. The van der Waals surface area contributed by atoms with Crippen molar-refractivity contribution in [2.45, 2.75) is 20.8 Å². The molecular weight excluding hydrogens is 382 g/mol. The summed E-state index contributed by atoms with van der Waals surface area (Å²) in [7, 11) is 0. The Morgan fingerprint density at radius 3 is 2.32 bits per heavy atom. The van der Waals surface area contributed by atoms with E-state index < -0.39 is 22.7 Å². The Bertz CT molecular complexity index is 1320. The quantitative estimate of drug-likeness (QED) is 0.392. The number of nitrogens with zero attached hydrogens (tertiary/aromatic N) is 2. The first kappa shape index (κ1) is 19.2. The molecule has 2 heterocycles. The van der Waals surface area contributed by atoms with Crippen LogP contribution in [0.1, 0.15) is 22.3 Å². The second-order valence-electron chi connectivity index (χ2n) is 6.29. The van der Waals surface area contributed by atoms with Crippen LogP contribution in [-0.2, 0) is 0 Å². The number of benzene rings is 1. The summed E-state index contributed by atoms with van der Waals surface area (Å²) >= 11 is 5.24. The van der Waals surface area contributed by atoms with Crippen LogP contribution in [0, 0.1) is 25.5 Å². The van der Waals surface area contributed by atoms with Crippen LogP contribution in [0.5, 0.6) is 5.88 Å². The molecule has 0 saturated heterocycles. The Kier molecular flexibility index (Phi) is 4.97. The van der Waals surface area contributed by atoms with Gasteiger partial charge < -0.3 is 10.1 Å². The number of aryl methyl sites for hydroxylation is 3. The van der Waals surface area contributed by atoms with Gasteiger partial charge in [-0.15, -0.1) is 0 Å². The van der Waals surface area contributed by atoms with Crippen molar-refractivity contribution in [2.75, 3.05) is 0 Å². The minimum atomic E-state index is -0.728. The molecule has 4 N–H and O–H groups in total. The van der Waals surface area contributed by atoms with Gasteiger partial charge in [-0.2, -0.15) is 0 Å². The molecule has 0 spiro atoms. The molecule has 0 aliphatic heterocycles. The minimum absolute atomic E-state index is 0.0246. The van der Waals surface area contributed by atoms with E-state index in [1.54, 1.807) is 0 Å². The molecule has 1 aromatic carbocycles. The second kappa shape index (κ2) is 7.24. The summed E-state index contributed by atoms with van der Waals surface area (Å²) in [6, 6.07) is 3.87. The maximum absolute atomic E-state index is 12.3. The number of aliphatic imine (C=N–C) groups is 1. The molecule has 28 heavy (non-hydrogen) atoms. The zero-order valence-electron chi connectivity index (χ0n) is 15.3. The maximum atomic E-state index is 12.3.